The molecule has 5 heteroatoms. The maximum absolute atomic E-state index is 5.97. The summed E-state index contributed by atoms with van der Waals surface area (Å²) in [5.74, 6) is 0.830. The van der Waals surface area contributed by atoms with Gasteiger partial charge < -0.3 is 10.5 Å². The van der Waals surface area contributed by atoms with Crippen molar-refractivity contribution < 1.29 is 4.74 Å². The van der Waals surface area contributed by atoms with Crippen molar-refractivity contribution in [2.24, 2.45) is 0 Å². The summed E-state index contributed by atoms with van der Waals surface area (Å²) < 4.78 is 5.46. The normalized spacial score (nSPS) is 10.1. The molecule has 0 aliphatic carbocycles. The molecule has 0 radical (unpaired) electrons. The zero-order valence-electron chi connectivity index (χ0n) is 8.15. The molecule has 0 saturated heterocycles. The molecule has 0 unspecified atom stereocenters. The number of nitrogen functional groups attached to an aromatic ring is 1. The maximum Gasteiger partial charge on any atom is 0.221 e. The number of aromatic nitrogens is 1. The molecular formula is C11H8Cl2N2O. The Morgan fingerprint density at radius 1 is 1.19 bits per heavy atom. The van der Waals surface area contributed by atoms with E-state index in [9.17, 15) is 0 Å². The maximum atomic E-state index is 5.97. The van der Waals surface area contributed by atoms with Gasteiger partial charge in [0.1, 0.15) is 10.8 Å². The van der Waals surface area contributed by atoms with Crippen LogP contribution in [0.1, 0.15) is 0 Å². The molecule has 2 rings (SSSR count). The molecule has 0 aliphatic heterocycles. The lowest BCUT2D eigenvalue weighted by Gasteiger charge is -2.07. The molecule has 0 saturated carbocycles. The number of halogens is 2. The molecule has 0 aliphatic rings. The van der Waals surface area contributed by atoms with Crippen LogP contribution in [0.5, 0.6) is 11.6 Å². The third-order valence-electron chi connectivity index (χ3n) is 1.89. The fourth-order valence-corrected chi connectivity index (χ4v) is 1.49. The first-order valence-corrected chi connectivity index (χ1v) is 5.26. The molecule has 0 amide bonds. The van der Waals surface area contributed by atoms with Crippen LogP contribution in [0.4, 0.5) is 5.69 Å². The predicted octanol–water partition coefficient (Wildman–Crippen LogP) is 3.76. The van der Waals surface area contributed by atoms with Gasteiger partial charge in [-0.15, -0.1) is 0 Å². The summed E-state index contributed by atoms with van der Waals surface area (Å²) >= 11 is 11.8. The van der Waals surface area contributed by atoms with Gasteiger partial charge >= 0.3 is 0 Å². The zero-order valence-corrected chi connectivity index (χ0v) is 9.66. The molecule has 0 bridgehead atoms. The summed E-state index contributed by atoms with van der Waals surface area (Å²) in [7, 11) is 0. The lowest BCUT2D eigenvalue weighted by atomic mass is 10.3. The van der Waals surface area contributed by atoms with Crippen LogP contribution in [0.3, 0.4) is 0 Å². The minimum atomic E-state index is 0.355. The molecule has 2 aromatic rings. The van der Waals surface area contributed by atoms with Crippen LogP contribution < -0.4 is 10.5 Å². The summed E-state index contributed by atoms with van der Waals surface area (Å²) in [6, 6.07) is 8.42. The summed E-state index contributed by atoms with van der Waals surface area (Å²) in [5, 5.41) is 0.788. The van der Waals surface area contributed by atoms with Crippen LogP contribution in [0.2, 0.25) is 10.0 Å². The topological polar surface area (TPSA) is 48.1 Å². The van der Waals surface area contributed by atoms with Crippen LogP contribution in [0.25, 0.3) is 0 Å². The van der Waals surface area contributed by atoms with E-state index in [2.05, 4.69) is 4.98 Å². The van der Waals surface area contributed by atoms with Crippen LogP contribution >= 0.6 is 23.2 Å². The van der Waals surface area contributed by atoms with Crippen LogP contribution in [-0.2, 0) is 0 Å². The Morgan fingerprint density at radius 2 is 2.00 bits per heavy atom. The fourth-order valence-electron chi connectivity index (χ4n) is 1.16. The number of rotatable bonds is 2. The number of pyridine rings is 1. The van der Waals surface area contributed by atoms with Gasteiger partial charge in [0, 0.05) is 18.0 Å². The first-order chi connectivity index (χ1) is 7.66. The number of nitrogens with zero attached hydrogens (tertiary/aromatic N) is 1. The summed E-state index contributed by atoms with van der Waals surface area (Å²) in [4.78, 5) is 4.00. The second-order valence-corrected chi connectivity index (χ2v) is 3.87. The average molecular weight is 255 g/mol. The van der Waals surface area contributed by atoms with E-state index in [1.54, 1.807) is 36.5 Å². The van der Waals surface area contributed by atoms with Crippen molar-refractivity contribution in [1.29, 1.82) is 0 Å². The van der Waals surface area contributed by atoms with Gasteiger partial charge in [-0.25, -0.2) is 4.98 Å². The second-order valence-electron chi connectivity index (χ2n) is 3.08. The Bertz CT molecular complexity index is 517. The highest BCUT2D eigenvalue weighted by Crippen LogP contribution is 2.34. The van der Waals surface area contributed by atoms with Crippen molar-refractivity contribution >= 4 is 28.9 Å². The highest BCUT2D eigenvalue weighted by atomic mass is 35.5. The summed E-state index contributed by atoms with van der Waals surface area (Å²) in [5.41, 5.74) is 6.17. The number of hydrogen-bond acceptors (Lipinski definition) is 3. The van der Waals surface area contributed by atoms with Crippen LogP contribution in [0.15, 0.2) is 36.5 Å². The molecule has 1 heterocycles. The SMILES string of the molecule is Nc1ccnc(Oc2cccc(Cl)c2Cl)c1. The number of ether oxygens (including phenoxy) is 1. The quantitative estimate of drug-likeness (QED) is 0.888. The lowest BCUT2D eigenvalue weighted by molar-refractivity contribution is 0.463. The Labute approximate surface area is 103 Å². The predicted molar refractivity (Wildman–Crippen MR) is 65.2 cm³/mol. The Kier molecular flexibility index (Phi) is 3.17. The van der Waals surface area contributed by atoms with Crippen molar-refractivity contribution in [2.45, 2.75) is 0 Å². The minimum Gasteiger partial charge on any atom is -0.437 e. The molecular weight excluding hydrogens is 247 g/mol. The molecule has 3 nitrogen and oxygen atoms in total. The van der Waals surface area contributed by atoms with Gasteiger partial charge in [-0.1, -0.05) is 29.3 Å². The van der Waals surface area contributed by atoms with Crippen molar-refractivity contribution in [3.63, 3.8) is 0 Å². The molecule has 82 valence electrons. The van der Waals surface area contributed by atoms with E-state index in [1.165, 1.54) is 0 Å². The van der Waals surface area contributed by atoms with Gasteiger partial charge in [0.15, 0.2) is 0 Å². The Morgan fingerprint density at radius 3 is 2.75 bits per heavy atom. The molecule has 2 N–H and O–H groups in total. The lowest BCUT2D eigenvalue weighted by Crippen LogP contribution is -1.91. The van der Waals surface area contributed by atoms with Gasteiger partial charge in [0.2, 0.25) is 5.88 Å². The summed E-state index contributed by atoms with van der Waals surface area (Å²) in [6.07, 6.45) is 1.56. The minimum absolute atomic E-state index is 0.355. The first-order valence-electron chi connectivity index (χ1n) is 4.50. The molecule has 1 aromatic carbocycles. The van der Waals surface area contributed by atoms with Crippen molar-refractivity contribution in [3.8, 4) is 11.6 Å². The highest BCUT2D eigenvalue weighted by Gasteiger charge is 2.07. The highest BCUT2D eigenvalue weighted by molar-refractivity contribution is 6.42. The average Bonchev–Trinajstić information content (AvgIpc) is 2.25. The standard InChI is InChI=1S/C11H8Cl2N2O/c12-8-2-1-3-9(11(8)13)16-10-6-7(14)4-5-15-10/h1-6H,(H2,14,15). The van der Waals surface area contributed by atoms with E-state index in [1.807, 2.05) is 0 Å². The monoisotopic (exact) mass is 254 g/mol. The van der Waals surface area contributed by atoms with Gasteiger partial charge in [0.25, 0.3) is 0 Å². The van der Waals surface area contributed by atoms with Crippen molar-refractivity contribution in [1.82, 2.24) is 4.98 Å². The molecule has 0 atom stereocenters. The van der Waals surface area contributed by atoms with E-state index >= 15 is 0 Å². The Hall–Kier alpha value is -1.45. The third kappa shape index (κ3) is 2.38. The van der Waals surface area contributed by atoms with Crippen molar-refractivity contribution in [3.05, 3.63) is 46.6 Å². The summed E-state index contributed by atoms with van der Waals surface area (Å²) in [6.45, 7) is 0. The van der Waals surface area contributed by atoms with Gasteiger partial charge in [-0.2, -0.15) is 0 Å². The van der Waals surface area contributed by atoms with E-state index in [4.69, 9.17) is 33.7 Å². The van der Waals surface area contributed by atoms with Gasteiger partial charge in [-0.05, 0) is 18.2 Å². The van der Waals surface area contributed by atoms with E-state index in [0.29, 0.717) is 27.4 Å². The fraction of sp³-hybridized carbons (Fsp3) is 0. The van der Waals surface area contributed by atoms with Crippen LogP contribution in [0, 0.1) is 0 Å². The van der Waals surface area contributed by atoms with Crippen LogP contribution in [-0.4, -0.2) is 4.98 Å². The molecule has 0 spiro atoms. The number of nitrogens with two attached hydrogens (primary N) is 1. The van der Waals surface area contributed by atoms with E-state index in [-0.39, 0.29) is 0 Å². The van der Waals surface area contributed by atoms with Gasteiger partial charge in [0.05, 0.1) is 5.02 Å². The second kappa shape index (κ2) is 4.60. The third-order valence-corrected chi connectivity index (χ3v) is 2.69. The molecule has 0 fully saturated rings. The Balaban J connectivity index is 2.31. The smallest absolute Gasteiger partial charge is 0.221 e. The molecule has 16 heavy (non-hydrogen) atoms. The van der Waals surface area contributed by atoms with E-state index in [0.717, 1.165) is 0 Å². The first kappa shape index (κ1) is 11.0. The van der Waals surface area contributed by atoms with E-state index < -0.39 is 0 Å². The zero-order chi connectivity index (χ0) is 11.5. The molecule has 1 aromatic heterocycles. The number of anilines is 1. The largest absolute Gasteiger partial charge is 0.437 e. The van der Waals surface area contributed by atoms with Gasteiger partial charge in [-0.3, -0.25) is 0 Å². The number of hydrogen-bond donors (Lipinski definition) is 1. The van der Waals surface area contributed by atoms with Crippen molar-refractivity contribution in [2.75, 3.05) is 5.73 Å². The number of benzene rings is 1.